The topological polar surface area (TPSA) is 36.4 Å². The Morgan fingerprint density at radius 3 is 2.42 bits per heavy atom. The lowest BCUT2D eigenvalue weighted by molar-refractivity contribution is -0.138. The van der Waals surface area contributed by atoms with E-state index in [1.165, 1.54) is 0 Å². The van der Waals surface area contributed by atoms with Crippen molar-refractivity contribution in [1.82, 2.24) is 4.98 Å². The van der Waals surface area contributed by atoms with Crippen LogP contribution in [-0.2, 0) is 6.18 Å². The molecule has 7 heteroatoms. The number of aliphatic hydroxyl groups is 1. The van der Waals surface area contributed by atoms with Crippen molar-refractivity contribution in [3.05, 3.63) is 23.6 Å². The summed E-state index contributed by atoms with van der Waals surface area (Å²) in [5, 5.41) is 9.00. The Kier molecular flexibility index (Phi) is 3.93. The molecule has 2 rings (SSSR count). The van der Waals surface area contributed by atoms with Gasteiger partial charge in [-0.1, -0.05) is 0 Å². The number of alkyl halides is 3. The Bertz CT molecular complexity index is 442. The summed E-state index contributed by atoms with van der Waals surface area (Å²) in [5.41, 5.74) is -1.08. The van der Waals surface area contributed by atoms with Crippen LogP contribution in [0.1, 0.15) is 18.4 Å². The molecule has 1 fully saturated rings. The molecular formula is C12H14F4N2O. The van der Waals surface area contributed by atoms with Gasteiger partial charge in [-0.05, 0) is 24.8 Å². The van der Waals surface area contributed by atoms with Crippen LogP contribution < -0.4 is 4.90 Å². The standard InChI is InChI=1S/C12H14F4N2O/c13-10-5-9(12(14,15)16)6-17-11(10)18-3-1-8(7-19)2-4-18/h5-6,8,19H,1-4,7H2. The zero-order valence-electron chi connectivity index (χ0n) is 10.1. The molecule has 2 heterocycles. The Balaban J connectivity index is 2.14. The van der Waals surface area contributed by atoms with Crippen molar-refractivity contribution in [2.45, 2.75) is 19.0 Å². The van der Waals surface area contributed by atoms with E-state index in [-0.39, 0.29) is 18.3 Å². The van der Waals surface area contributed by atoms with Gasteiger partial charge in [-0.2, -0.15) is 13.2 Å². The number of pyridine rings is 1. The van der Waals surface area contributed by atoms with E-state index in [9.17, 15) is 17.6 Å². The number of aromatic nitrogens is 1. The Hall–Kier alpha value is -1.37. The van der Waals surface area contributed by atoms with Gasteiger partial charge in [0.25, 0.3) is 0 Å². The second-order valence-electron chi connectivity index (χ2n) is 4.64. The minimum Gasteiger partial charge on any atom is -0.396 e. The third kappa shape index (κ3) is 3.15. The van der Waals surface area contributed by atoms with Crippen molar-refractivity contribution in [2.75, 3.05) is 24.6 Å². The van der Waals surface area contributed by atoms with E-state index in [0.717, 1.165) is 0 Å². The first-order chi connectivity index (χ1) is 8.91. The van der Waals surface area contributed by atoms with Gasteiger partial charge >= 0.3 is 6.18 Å². The van der Waals surface area contributed by atoms with Crippen LogP contribution in [0.25, 0.3) is 0 Å². The highest BCUT2D eigenvalue weighted by molar-refractivity contribution is 5.42. The molecule has 0 unspecified atom stereocenters. The van der Waals surface area contributed by atoms with Gasteiger partial charge < -0.3 is 10.0 Å². The lowest BCUT2D eigenvalue weighted by Gasteiger charge is -2.32. The summed E-state index contributed by atoms with van der Waals surface area (Å²) >= 11 is 0. The molecule has 1 aliphatic heterocycles. The molecule has 0 bridgehead atoms. The average Bonchev–Trinajstić information content (AvgIpc) is 2.38. The van der Waals surface area contributed by atoms with Crippen LogP contribution in [0.2, 0.25) is 0 Å². The van der Waals surface area contributed by atoms with E-state index < -0.39 is 17.6 Å². The van der Waals surface area contributed by atoms with E-state index in [0.29, 0.717) is 38.2 Å². The van der Waals surface area contributed by atoms with Crippen LogP contribution in [0.4, 0.5) is 23.4 Å². The monoisotopic (exact) mass is 278 g/mol. The molecule has 1 saturated heterocycles. The molecule has 106 valence electrons. The van der Waals surface area contributed by atoms with E-state index in [1.54, 1.807) is 4.90 Å². The molecule has 0 atom stereocenters. The molecule has 1 aliphatic rings. The largest absolute Gasteiger partial charge is 0.417 e. The molecule has 1 N–H and O–H groups in total. The summed E-state index contributed by atoms with van der Waals surface area (Å²) in [4.78, 5) is 5.20. The van der Waals surface area contributed by atoms with Gasteiger partial charge in [-0.3, -0.25) is 0 Å². The maximum absolute atomic E-state index is 13.7. The SMILES string of the molecule is OCC1CCN(c2ncc(C(F)(F)F)cc2F)CC1. The van der Waals surface area contributed by atoms with Crippen molar-refractivity contribution >= 4 is 5.82 Å². The highest BCUT2D eigenvalue weighted by Crippen LogP contribution is 2.31. The molecule has 0 amide bonds. The first-order valence-electron chi connectivity index (χ1n) is 6.00. The average molecular weight is 278 g/mol. The fourth-order valence-electron chi connectivity index (χ4n) is 2.15. The molecule has 19 heavy (non-hydrogen) atoms. The van der Waals surface area contributed by atoms with Crippen molar-refractivity contribution < 1.29 is 22.7 Å². The lowest BCUT2D eigenvalue weighted by Crippen LogP contribution is -2.36. The van der Waals surface area contributed by atoms with Crippen LogP contribution in [-0.4, -0.2) is 29.8 Å². The quantitative estimate of drug-likeness (QED) is 0.844. The van der Waals surface area contributed by atoms with Crippen molar-refractivity contribution in [3.8, 4) is 0 Å². The minimum absolute atomic E-state index is 0.0515. The summed E-state index contributed by atoms with van der Waals surface area (Å²) < 4.78 is 50.9. The summed E-state index contributed by atoms with van der Waals surface area (Å²) in [7, 11) is 0. The second-order valence-corrected chi connectivity index (χ2v) is 4.64. The predicted octanol–water partition coefficient (Wildman–Crippen LogP) is 2.45. The molecule has 1 aromatic heterocycles. The van der Waals surface area contributed by atoms with Gasteiger partial charge in [0.1, 0.15) is 0 Å². The molecule has 0 aliphatic carbocycles. The van der Waals surface area contributed by atoms with Crippen molar-refractivity contribution in [2.24, 2.45) is 5.92 Å². The zero-order valence-corrected chi connectivity index (χ0v) is 10.1. The molecule has 3 nitrogen and oxygen atoms in total. The Morgan fingerprint density at radius 1 is 1.32 bits per heavy atom. The van der Waals surface area contributed by atoms with Crippen LogP contribution in [0.15, 0.2) is 12.3 Å². The molecule has 1 aromatic rings. The summed E-state index contributed by atoms with van der Waals surface area (Å²) in [5.74, 6) is -0.838. The van der Waals surface area contributed by atoms with Crippen LogP contribution in [0, 0.1) is 11.7 Å². The molecule has 0 saturated carbocycles. The number of anilines is 1. The van der Waals surface area contributed by atoms with Gasteiger partial charge in [-0.25, -0.2) is 9.37 Å². The van der Waals surface area contributed by atoms with Crippen LogP contribution in [0.5, 0.6) is 0 Å². The number of nitrogens with zero attached hydrogens (tertiary/aromatic N) is 2. The number of rotatable bonds is 2. The number of hydrogen-bond acceptors (Lipinski definition) is 3. The third-order valence-corrected chi connectivity index (χ3v) is 3.32. The predicted molar refractivity (Wildman–Crippen MR) is 61.2 cm³/mol. The number of piperidine rings is 1. The van der Waals surface area contributed by atoms with E-state index in [1.807, 2.05) is 0 Å². The normalized spacial score (nSPS) is 17.8. The van der Waals surface area contributed by atoms with Gasteiger partial charge in [-0.15, -0.1) is 0 Å². The Morgan fingerprint density at radius 2 is 1.95 bits per heavy atom. The minimum atomic E-state index is -4.59. The third-order valence-electron chi connectivity index (χ3n) is 3.32. The van der Waals surface area contributed by atoms with Gasteiger partial charge in [0, 0.05) is 25.9 Å². The summed E-state index contributed by atoms with van der Waals surface area (Å²) in [6, 6.07) is 0.473. The molecule has 0 radical (unpaired) electrons. The first-order valence-corrected chi connectivity index (χ1v) is 6.00. The molecule has 0 aromatic carbocycles. The summed E-state index contributed by atoms with van der Waals surface area (Å²) in [6.45, 7) is 1.05. The fraction of sp³-hybridized carbons (Fsp3) is 0.583. The zero-order chi connectivity index (χ0) is 14.0. The van der Waals surface area contributed by atoms with Crippen molar-refractivity contribution in [1.29, 1.82) is 0 Å². The highest BCUT2D eigenvalue weighted by atomic mass is 19.4. The second kappa shape index (κ2) is 5.32. The highest BCUT2D eigenvalue weighted by Gasteiger charge is 2.32. The van der Waals surface area contributed by atoms with Crippen LogP contribution in [0.3, 0.4) is 0 Å². The van der Waals surface area contributed by atoms with Gasteiger partial charge in [0.15, 0.2) is 11.6 Å². The number of aliphatic hydroxyl groups excluding tert-OH is 1. The maximum atomic E-state index is 13.7. The van der Waals surface area contributed by atoms with E-state index in [2.05, 4.69) is 4.98 Å². The van der Waals surface area contributed by atoms with Crippen LogP contribution >= 0.6 is 0 Å². The maximum Gasteiger partial charge on any atom is 0.417 e. The molecular weight excluding hydrogens is 264 g/mol. The smallest absolute Gasteiger partial charge is 0.396 e. The Labute approximate surface area is 107 Å². The first kappa shape index (κ1) is 14.0. The number of halogens is 4. The lowest BCUT2D eigenvalue weighted by atomic mass is 9.98. The van der Waals surface area contributed by atoms with Gasteiger partial charge in [0.05, 0.1) is 5.56 Å². The van der Waals surface area contributed by atoms with Crippen molar-refractivity contribution in [3.63, 3.8) is 0 Å². The van der Waals surface area contributed by atoms with Gasteiger partial charge in [0.2, 0.25) is 0 Å². The summed E-state index contributed by atoms with van der Waals surface area (Å²) in [6.07, 6.45) is -2.58. The fourth-order valence-corrected chi connectivity index (χ4v) is 2.15. The van der Waals surface area contributed by atoms with E-state index >= 15 is 0 Å². The number of hydrogen-bond donors (Lipinski definition) is 1. The molecule has 0 spiro atoms. The van der Waals surface area contributed by atoms with E-state index in [4.69, 9.17) is 5.11 Å².